The maximum Gasteiger partial charge on any atom is 0.417 e. The number of halogens is 5. The Morgan fingerprint density at radius 3 is 2.50 bits per heavy atom. The van der Waals surface area contributed by atoms with Crippen molar-refractivity contribution in [3.63, 3.8) is 0 Å². The monoisotopic (exact) mass is 693 g/mol. The van der Waals surface area contributed by atoms with Crippen molar-refractivity contribution in [2.75, 3.05) is 31.7 Å². The van der Waals surface area contributed by atoms with E-state index in [2.05, 4.69) is 15.6 Å². The molecule has 2 aromatic carbocycles. The van der Waals surface area contributed by atoms with Gasteiger partial charge in [0.1, 0.15) is 28.7 Å². The molecule has 2 aliphatic heterocycles. The Labute approximate surface area is 282 Å². The minimum absolute atomic E-state index is 0.0147. The first-order valence-corrected chi connectivity index (χ1v) is 15.9. The van der Waals surface area contributed by atoms with Gasteiger partial charge in [0.2, 0.25) is 11.7 Å². The number of aromatic nitrogens is 3. The van der Waals surface area contributed by atoms with E-state index in [0.717, 1.165) is 24.3 Å². The SMILES string of the molecule is Cc1c2c3c(cccn3c1C(=O)c1cc(F)c(NC(=O)/C=C/CNC3(C)COC3)c(F)c1)-c1c(C(F)(F)F)cc3c(nc(C)n3C)c1OCC2. The quantitative estimate of drug-likeness (QED) is 0.116. The van der Waals surface area contributed by atoms with Gasteiger partial charge < -0.3 is 29.1 Å². The number of ketones is 1. The number of ether oxygens (including phenoxy) is 2. The van der Waals surface area contributed by atoms with Gasteiger partial charge in [-0.2, -0.15) is 13.2 Å². The van der Waals surface area contributed by atoms with Crippen molar-refractivity contribution < 1.29 is 41.0 Å². The summed E-state index contributed by atoms with van der Waals surface area (Å²) in [6.45, 7) is 6.67. The predicted octanol–water partition coefficient (Wildman–Crippen LogP) is 6.45. The van der Waals surface area contributed by atoms with Crippen LogP contribution in [0.3, 0.4) is 0 Å². The summed E-state index contributed by atoms with van der Waals surface area (Å²) in [5.74, 6) is -3.38. The van der Waals surface area contributed by atoms with Crippen molar-refractivity contribution in [2.45, 2.75) is 38.9 Å². The van der Waals surface area contributed by atoms with Crippen LogP contribution in [0.4, 0.5) is 27.6 Å². The normalized spacial score (nSPS) is 15.5. The number of carbonyl (C=O) groups is 2. The first-order chi connectivity index (χ1) is 23.7. The molecular formula is C36H32F5N5O4. The molecule has 0 unspecified atom stereocenters. The van der Waals surface area contributed by atoms with Crippen LogP contribution in [0.5, 0.6) is 5.75 Å². The van der Waals surface area contributed by atoms with E-state index >= 15 is 8.78 Å². The molecule has 14 heteroatoms. The Bertz CT molecular complexity index is 2240. The lowest BCUT2D eigenvalue weighted by Gasteiger charge is -2.38. The molecule has 3 aromatic heterocycles. The highest BCUT2D eigenvalue weighted by molar-refractivity contribution is 6.11. The van der Waals surface area contributed by atoms with Crippen LogP contribution in [0.2, 0.25) is 0 Å². The Kier molecular flexibility index (Phi) is 8.06. The number of alkyl halides is 3. The van der Waals surface area contributed by atoms with Gasteiger partial charge in [-0.1, -0.05) is 12.1 Å². The average molecular weight is 694 g/mol. The molecular weight excluding hydrogens is 661 g/mol. The van der Waals surface area contributed by atoms with E-state index in [0.29, 0.717) is 42.2 Å². The molecule has 1 amide bonds. The number of fused-ring (bicyclic) bond motifs is 4. The van der Waals surface area contributed by atoms with Crippen molar-refractivity contribution in [2.24, 2.45) is 7.05 Å². The van der Waals surface area contributed by atoms with Crippen LogP contribution in [-0.4, -0.2) is 57.5 Å². The van der Waals surface area contributed by atoms with Crippen LogP contribution in [0, 0.1) is 25.5 Å². The highest BCUT2D eigenvalue weighted by atomic mass is 19.4. The molecule has 5 heterocycles. The van der Waals surface area contributed by atoms with E-state index < -0.39 is 40.8 Å². The first kappa shape index (κ1) is 33.4. The van der Waals surface area contributed by atoms with Crippen LogP contribution in [0.25, 0.3) is 27.7 Å². The molecule has 7 rings (SSSR count). The molecule has 1 fully saturated rings. The Hall–Kier alpha value is -5.08. The van der Waals surface area contributed by atoms with Crippen molar-refractivity contribution in [1.82, 2.24) is 19.3 Å². The smallest absolute Gasteiger partial charge is 0.417 e. The third-order valence-corrected chi connectivity index (χ3v) is 9.38. The number of nitrogens with one attached hydrogen (secondary N) is 2. The fourth-order valence-corrected chi connectivity index (χ4v) is 6.69. The fraction of sp³-hybridized carbons (Fsp3) is 0.306. The van der Waals surface area contributed by atoms with Crippen LogP contribution in [-0.2, 0) is 29.2 Å². The zero-order valence-electron chi connectivity index (χ0n) is 27.5. The van der Waals surface area contributed by atoms with Crippen LogP contribution in [0.1, 0.15) is 45.5 Å². The van der Waals surface area contributed by atoms with Gasteiger partial charge in [0, 0.05) is 49.0 Å². The summed E-state index contributed by atoms with van der Waals surface area (Å²) in [6.07, 6.45) is -0.359. The minimum Gasteiger partial charge on any atom is -0.490 e. The number of carbonyl (C=O) groups excluding carboxylic acids is 2. The Morgan fingerprint density at radius 2 is 1.84 bits per heavy atom. The molecule has 0 saturated carbocycles. The average Bonchev–Trinajstić information content (AvgIpc) is 3.49. The summed E-state index contributed by atoms with van der Waals surface area (Å²) in [5, 5.41) is 5.38. The van der Waals surface area contributed by atoms with E-state index in [-0.39, 0.29) is 57.7 Å². The Balaban J connectivity index is 1.27. The fourth-order valence-electron chi connectivity index (χ4n) is 6.69. The molecule has 50 heavy (non-hydrogen) atoms. The second-order valence-electron chi connectivity index (χ2n) is 12.9. The van der Waals surface area contributed by atoms with Crippen LogP contribution in [0.15, 0.2) is 48.7 Å². The second kappa shape index (κ2) is 12.1. The van der Waals surface area contributed by atoms with Gasteiger partial charge in [-0.25, -0.2) is 13.8 Å². The topological polar surface area (TPSA) is 98.9 Å². The number of nitrogens with zero attached hydrogens (tertiary/aromatic N) is 3. The number of pyridine rings is 1. The third kappa shape index (κ3) is 5.52. The summed E-state index contributed by atoms with van der Waals surface area (Å²) < 4.78 is 89.0. The lowest BCUT2D eigenvalue weighted by atomic mass is 9.93. The van der Waals surface area contributed by atoms with Crippen LogP contribution >= 0.6 is 0 Å². The van der Waals surface area contributed by atoms with Gasteiger partial charge in [-0.15, -0.1) is 0 Å². The molecule has 0 atom stereocenters. The summed E-state index contributed by atoms with van der Waals surface area (Å²) in [7, 11) is 1.63. The largest absolute Gasteiger partial charge is 0.490 e. The van der Waals surface area contributed by atoms with E-state index in [9.17, 15) is 22.8 Å². The zero-order valence-corrected chi connectivity index (χ0v) is 27.5. The number of benzene rings is 2. The first-order valence-electron chi connectivity index (χ1n) is 15.9. The van der Waals surface area contributed by atoms with Crippen LogP contribution < -0.4 is 15.4 Å². The van der Waals surface area contributed by atoms with Crippen molar-refractivity contribution in [3.05, 3.63) is 94.1 Å². The number of anilines is 1. The zero-order chi connectivity index (χ0) is 35.7. The summed E-state index contributed by atoms with van der Waals surface area (Å²) in [4.78, 5) is 30.9. The maximum absolute atomic E-state index is 15.3. The maximum atomic E-state index is 15.3. The highest BCUT2D eigenvalue weighted by Crippen LogP contribution is 2.49. The number of amides is 1. The van der Waals surface area contributed by atoms with Gasteiger partial charge in [-0.05, 0) is 56.2 Å². The molecule has 9 nitrogen and oxygen atoms in total. The molecule has 0 radical (unpaired) electrons. The predicted molar refractivity (Wildman–Crippen MR) is 176 cm³/mol. The van der Waals surface area contributed by atoms with Gasteiger partial charge in [-0.3, -0.25) is 9.59 Å². The van der Waals surface area contributed by atoms with E-state index in [1.54, 1.807) is 25.5 Å². The van der Waals surface area contributed by atoms with Crippen molar-refractivity contribution in [3.8, 4) is 16.9 Å². The van der Waals surface area contributed by atoms with Crippen molar-refractivity contribution >= 4 is 33.9 Å². The van der Waals surface area contributed by atoms with Gasteiger partial charge >= 0.3 is 6.18 Å². The van der Waals surface area contributed by atoms with Gasteiger partial charge in [0.25, 0.3) is 0 Å². The molecule has 2 aliphatic rings. The highest BCUT2D eigenvalue weighted by Gasteiger charge is 2.39. The van der Waals surface area contributed by atoms with E-state index in [4.69, 9.17) is 9.47 Å². The summed E-state index contributed by atoms with van der Waals surface area (Å²) >= 11 is 0. The molecule has 0 bridgehead atoms. The van der Waals surface area contributed by atoms with Gasteiger partial charge in [0.05, 0.1) is 47.7 Å². The van der Waals surface area contributed by atoms with Gasteiger partial charge in [0.15, 0.2) is 5.75 Å². The summed E-state index contributed by atoms with van der Waals surface area (Å²) in [5.41, 5.74) is -0.325. The Morgan fingerprint density at radius 1 is 1.12 bits per heavy atom. The molecule has 0 aliphatic carbocycles. The number of rotatable bonds is 7. The lowest BCUT2D eigenvalue weighted by Crippen LogP contribution is -2.58. The number of hydrogen-bond acceptors (Lipinski definition) is 6. The third-order valence-electron chi connectivity index (χ3n) is 9.38. The van der Waals surface area contributed by atoms with E-state index in [1.165, 1.54) is 28.8 Å². The standard InChI is InChI=1S/C36H32F5N5O4/c1-18-21-9-12-50-34-28(23(36(39,40)41)15-26-30(34)43-19(2)45(26)4)22-7-6-11-46(32(21)22)31(18)33(48)20-13-24(37)29(25(38)14-20)44-27(47)8-5-10-42-35(3)16-49-17-35/h5-8,11,13-15,42H,9-10,12,16-17H2,1-4H3,(H,44,47)/b8-5+. The lowest BCUT2D eigenvalue weighted by molar-refractivity contribution is -0.137. The molecule has 260 valence electrons. The minimum atomic E-state index is -4.77. The molecule has 0 spiro atoms. The molecule has 5 aromatic rings. The molecule has 2 N–H and O–H groups in total. The second-order valence-corrected chi connectivity index (χ2v) is 12.9. The number of aryl methyl sites for hydroxylation is 2. The van der Waals surface area contributed by atoms with E-state index in [1.807, 2.05) is 6.92 Å². The number of imidazole rings is 1. The number of hydrogen-bond donors (Lipinski definition) is 2. The van der Waals surface area contributed by atoms with Crippen molar-refractivity contribution in [1.29, 1.82) is 0 Å². The summed E-state index contributed by atoms with van der Waals surface area (Å²) in [6, 6.07) is 5.73. The molecule has 1 saturated heterocycles.